The Labute approximate surface area is 146 Å². The molecule has 0 unspecified atom stereocenters. The summed E-state index contributed by atoms with van der Waals surface area (Å²) < 4.78 is 27.3. The molecule has 126 valence electrons. The Hall–Kier alpha value is -1.89. The fourth-order valence-corrected chi connectivity index (χ4v) is 4.53. The van der Waals surface area contributed by atoms with Gasteiger partial charge >= 0.3 is 0 Å². The highest BCUT2D eigenvalue weighted by atomic mass is 35.5. The molecule has 3 rings (SSSR count). The van der Waals surface area contributed by atoms with Crippen molar-refractivity contribution in [2.24, 2.45) is 0 Å². The number of para-hydroxylation sites is 1. The minimum atomic E-state index is -3.87. The molecule has 0 saturated carbocycles. The smallest absolute Gasteiger partial charge is 0.244 e. The van der Waals surface area contributed by atoms with Gasteiger partial charge in [0.1, 0.15) is 4.90 Å². The van der Waals surface area contributed by atoms with Crippen LogP contribution in [0.1, 0.15) is 12.5 Å². The topological polar surface area (TPSA) is 66.5 Å². The molecule has 2 aromatic carbocycles. The summed E-state index contributed by atoms with van der Waals surface area (Å²) in [4.78, 5) is 14.3. The Morgan fingerprint density at radius 2 is 1.83 bits per heavy atom. The van der Waals surface area contributed by atoms with Crippen LogP contribution in [0.5, 0.6) is 0 Å². The summed E-state index contributed by atoms with van der Waals surface area (Å²) in [6, 6.07) is 12.9. The SMILES string of the molecule is C[C@@H](NS(=O)(=O)c1ccccc1Cl)C(=O)N1CCc2ccccc21. The number of anilines is 1. The van der Waals surface area contributed by atoms with Crippen LogP contribution in [0.3, 0.4) is 0 Å². The molecule has 1 atom stereocenters. The van der Waals surface area contributed by atoms with E-state index < -0.39 is 16.1 Å². The van der Waals surface area contributed by atoms with E-state index in [0.29, 0.717) is 6.54 Å². The van der Waals surface area contributed by atoms with Gasteiger partial charge in [0.15, 0.2) is 0 Å². The van der Waals surface area contributed by atoms with Gasteiger partial charge < -0.3 is 4.90 Å². The summed E-state index contributed by atoms with van der Waals surface area (Å²) in [5, 5.41) is 0.121. The number of nitrogens with one attached hydrogen (secondary N) is 1. The third kappa shape index (κ3) is 3.17. The van der Waals surface area contributed by atoms with Crippen molar-refractivity contribution in [1.29, 1.82) is 0 Å². The zero-order valence-corrected chi connectivity index (χ0v) is 14.6. The highest BCUT2D eigenvalue weighted by molar-refractivity contribution is 7.89. The molecule has 0 spiro atoms. The number of benzene rings is 2. The highest BCUT2D eigenvalue weighted by Crippen LogP contribution is 2.28. The van der Waals surface area contributed by atoms with Crippen molar-refractivity contribution >= 4 is 33.2 Å². The zero-order chi connectivity index (χ0) is 17.3. The normalized spacial score (nSPS) is 15.2. The van der Waals surface area contributed by atoms with Gasteiger partial charge in [0.25, 0.3) is 0 Å². The highest BCUT2D eigenvalue weighted by Gasteiger charge is 2.30. The van der Waals surface area contributed by atoms with E-state index in [9.17, 15) is 13.2 Å². The minimum Gasteiger partial charge on any atom is -0.310 e. The van der Waals surface area contributed by atoms with Crippen molar-refractivity contribution < 1.29 is 13.2 Å². The number of carbonyl (C=O) groups excluding carboxylic acids is 1. The largest absolute Gasteiger partial charge is 0.310 e. The van der Waals surface area contributed by atoms with E-state index >= 15 is 0 Å². The molecule has 1 amide bonds. The van der Waals surface area contributed by atoms with Crippen LogP contribution in [0.2, 0.25) is 5.02 Å². The lowest BCUT2D eigenvalue weighted by atomic mass is 10.2. The summed E-state index contributed by atoms with van der Waals surface area (Å²) in [5.74, 6) is -0.282. The molecular weight excluding hydrogens is 348 g/mol. The van der Waals surface area contributed by atoms with Gasteiger partial charge in [-0.2, -0.15) is 4.72 Å². The van der Waals surface area contributed by atoms with E-state index in [1.807, 2.05) is 24.3 Å². The predicted molar refractivity (Wildman–Crippen MR) is 93.7 cm³/mol. The quantitative estimate of drug-likeness (QED) is 0.906. The first kappa shape index (κ1) is 17.0. The van der Waals surface area contributed by atoms with Crippen molar-refractivity contribution in [2.75, 3.05) is 11.4 Å². The van der Waals surface area contributed by atoms with Gasteiger partial charge in [-0.15, -0.1) is 0 Å². The molecule has 1 aliphatic rings. The van der Waals surface area contributed by atoms with Gasteiger partial charge in [-0.05, 0) is 37.1 Å². The van der Waals surface area contributed by atoms with Gasteiger partial charge in [-0.3, -0.25) is 4.79 Å². The summed E-state index contributed by atoms with van der Waals surface area (Å²) >= 11 is 5.95. The average molecular weight is 365 g/mol. The summed E-state index contributed by atoms with van der Waals surface area (Å²) in [6.07, 6.45) is 0.770. The van der Waals surface area contributed by atoms with Gasteiger partial charge in [-0.1, -0.05) is 41.9 Å². The van der Waals surface area contributed by atoms with Gasteiger partial charge in [0.2, 0.25) is 15.9 Å². The van der Waals surface area contributed by atoms with E-state index in [1.165, 1.54) is 19.1 Å². The Morgan fingerprint density at radius 3 is 2.58 bits per heavy atom. The van der Waals surface area contributed by atoms with E-state index in [0.717, 1.165) is 17.7 Å². The maximum Gasteiger partial charge on any atom is 0.244 e. The standard InChI is InChI=1S/C17H17ClN2O3S/c1-12(19-24(22,23)16-9-5-3-7-14(16)18)17(21)20-11-10-13-6-2-4-8-15(13)20/h2-9,12,19H,10-11H2,1H3/t12-/m1/s1. The Bertz CT molecular complexity index is 883. The molecule has 0 radical (unpaired) electrons. The van der Waals surface area contributed by atoms with Crippen LogP contribution in [-0.2, 0) is 21.2 Å². The molecule has 7 heteroatoms. The number of sulfonamides is 1. The number of hydrogen-bond acceptors (Lipinski definition) is 3. The first-order chi connectivity index (χ1) is 11.4. The predicted octanol–water partition coefficient (Wildman–Crippen LogP) is 2.60. The van der Waals surface area contributed by atoms with Crippen LogP contribution < -0.4 is 9.62 Å². The third-order valence-electron chi connectivity index (χ3n) is 3.98. The molecular formula is C17H17ClN2O3S. The number of carbonyl (C=O) groups is 1. The maximum absolute atomic E-state index is 12.7. The zero-order valence-electron chi connectivity index (χ0n) is 13.1. The lowest BCUT2D eigenvalue weighted by molar-refractivity contribution is -0.119. The summed E-state index contributed by atoms with van der Waals surface area (Å²) in [6.45, 7) is 2.09. The monoisotopic (exact) mass is 364 g/mol. The Kier molecular flexibility index (Phi) is 4.62. The first-order valence-electron chi connectivity index (χ1n) is 7.56. The second-order valence-electron chi connectivity index (χ2n) is 5.64. The van der Waals surface area contributed by atoms with Crippen LogP contribution in [0, 0.1) is 0 Å². The van der Waals surface area contributed by atoms with E-state index in [-0.39, 0.29) is 15.8 Å². The molecule has 0 bridgehead atoms. The van der Waals surface area contributed by atoms with Crippen molar-refractivity contribution in [2.45, 2.75) is 24.3 Å². The number of nitrogens with zero attached hydrogens (tertiary/aromatic N) is 1. The number of amides is 1. The average Bonchev–Trinajstić information content (AvgIpc) is 2.98. The molecule has 1 heterocycles. The molecule has 0 aromatic heterocycles. The Balaban J connectivity index is 1.79. The second kappa shape index (κ2) is 6.55. The molecule has 0 fully saturated rings. The van der Waals surface area contributed by atoms with Crippen LogP contribution >= 0.6 is 11.6 Å². The van der Waals surface area contributed by atoms with E-state index in [1.54, 1.807) is 17.0 Å². The van der Waals surface area contributed by atoms with Gasteiger partial charge in [-0.25, -0.2) is 8.42 Å². The van der Waals surface area contributed by atoms with E-state index in [4.69, 9.17) is 11.6 Å². The van der Waals surface area contributed by atoms with E-state index in [2.05, 4.69) is 4.72 Å². The van der Waals surface area contributed by atoms with Crippen LogP contribution in [0.25, 0.3) is 0 Å². The van der Waals surface area contributed by atoms with Crippen LogP contribution in [-0.4, -0.2) is 26.9 Å². The number of rotatable bonds is 4. The third-order valence-corrected chi connectivity index (χ3v) is 6.02. The van der Waals surface area contributed by atoms with Crippen molar-refractivity contribution in [1.82, 2.24) is 4.72 Å². The van der Waals surface area contributed by atoms with Crippen molar-refractivity contribution in [3.63, 3.8) is 0 Å². The lowest BCUT2D eigenvalue weighted by Gasteiger charge is -2.22. The molecule has 1 N–H and O–H groups in total. The number of fused-ring (bicyclic) bond motifs is 1. The fourth-order valence-electron chi connectivity index (χ4n) is 2.81. The Morgan fingerprint density at radius 1 is 1.17 bits per heavy atom. The number of hydrogen-bond donors (Lipinski definition) is 1. The molecule has 24 heavy (non-hydrogen) atoms. The van der Waals surface area contributed by atoms with Crippen LogP contribution in [0.4, 0.5) is 5.69 Å². The van der Waals surface area contributed by atoms with Crippen molar-refractivity contribution in [3.05, 3.63) is 59.1 Å². The molecule has 0 aliphatic carbocycles. The van der Waals surface area contributed by atoms with Crippen LogP contribution in [0.15, 0.2) is 53.4 Å². The molecule has 2 aromatic rings. The molecule has 5 nitrogen and oxygen atoms in total. The summed E-state index contributed by atoms with van der Waals surface area (Å²) in [5.41, 5.74) is 1.93. The summed E-state index contributed by atoms with van der Waals surface area (Å²) in [7, 11) is -3.87. The van der Waals surface area contributed by atoms with Crippen molar-refractivity contribution in [3.8, 4) is 0 Å². The van der Waals surface area contributed by atoms with Gasteiger partial charge in [0, 0.05) is 12.2 Å². The van der Waals surface area contributed by atoms with Gasteiger partial charge in [0.05, 0.1) is 11.1 Å². The minimum absolute atomic E-state index is 0.0341. The number of halogens is 1. The maximum atomic E-state index is 12.7. The fraction of sp³-hybridized carbons (Fsp3) is 0.235. The lowest BCUT2D eigenvalue weighted by Crippen LogP contribution is -2.46. The molecule has 1 aliphatic heterocycles. The first-order valence-corrected chi connectivity index (χ1v) is 9.42. The second-order valence-corrected chi connectivity index (χ2v) is 7.73. The molecule has 0 saturated heterocycles.